The van der Waals surface area contributed by atoms with Gasteiger partial charge in [-0.1, -0.05) is 0 Å². The van der Waals surface area contributed by atoms with E-state index in [1.165, 1.54) is 19.0 Å². The highest BCUT2D eigenvalue weighted by Crippen LogP contribution is 2.29. The highest BCUT2D eigenvalue weighted by atomic mass is 16.2. The van der Waals surface area contributed by atoms with Crippen LogP contribution in [0.15, 0.2) is 6.20 Å². The second kappa shape index (κ2) is 4.10. The van der Waals surface area contributed by atoms with Crippen LogP contribution in [0.25, 0.3) is 0 Å². The van der Waals surface area contributed by atoms with Crippen LogP contribution < -0.4 is 5.32 Å². The fourth-order valence-corrected chi connectivity index (χ4v) is 2.99. The zero-order valence-corrected chi connectivity index (χ0v) is 9.89. The van der Waals surface area contributed by atoms with Gasteiger partial charge in [-0.05, 0) is 25.7 Å². The quantitative estimate of drug-likeness (QED) is 0.765. The first-order valence-electron chi connectivity index (χ1n) is 6.13. The summed E-state index contributed by atoms with van der Waals surface area (Å²) in [6.45, 7) is 0. The van der Waals surface area contributed by atoms with Crippen LogP contribution in [0.5, 0.6) is 0 Å². The Kier molecular flexibility index (Phi) is 2.58. The van der Waals surface area contributed by atoms with Gasteiger partial charge in [-0.25, -0.2) is 0 Å². The number of nitrogens with zero attached hydrogens (tertiary/aromatic N) is 3. The van der Waals surface area contributed by atoms with Crippen LogP contribution >= 0.6 is 0 Å². The number of nitrogens with one attached hydrogen (secondary N) is 2. The number of amides is 1. The van der Waals surface area contributed by atoms with Crippen LogP contribution in [-0.2, 0) is 0 Å². The largest absolute Gasteiger partial charge is 0.337 e. The Morgan fingerprint density at radius 2 is 2.12 bits per heavy atom. The van der Waals surface area contributed by atoms with E-state index in [0.29, 0.717) is 23.8 Å². The van der Waals surface area contributed by atoms with Crippen molar-refractivity contribution in [2.24, 2.45) is 0 Å². The maximum absolute atomic E-state index is 12.1. The van der Waals surface area contributed by atoms with Crippen molar-refractivity contribution in [3.63, 3.8) is 0 Å². The Bertz CT molecular complexity index is 392. The molecule has 0 saturated carbocycles. The lowest BCUT2D eigenvalue weighted by molar-refractivity contribution is 0.0675. The zero-order valence-electron chi connectivity index (χ0n) is 9.89. The number of hydrogen-bond acceptors (Lipinski definition) is 4. The first kappa shape index (κ1) is 10.7. The van der Waals surface area contributed by atoms with Gasteiger partial charge in [0.1, 0.15) is 0 Å². The van der Waals surface area contributed by atoms with Crippen molar-refractivity contribution in [2.75, 3.05) is 7.05 Å². The van der Waals surface area contributed by atoms with Gasteiger partial charge in [0.2, 0.25) is 0 Å². The van der Waals surface area contributed by atoms with Gasteiger partial charge in [-0.2, -0.15) is 15.4 Å². The van der Waals surface area contributed by atoms with Crippen LogP contribution in [0.1, 0.15) is 36.2 Å². The van der Waals surface area contributed by atoms with Crippen LogP contribution in [-0.4, -0.2) is 51.4 Å². The van der Waals surface area contributed by atoms with Gasteiger partial charge in [0, 0.05) is 25.2 Å². The Morgan fingerprint density at radius 1 is 1.41 bits per heavy atom. The number of carbonyl (C=O) groups excluding carboxylic acids is 1. The zero-order chi connectivity index (χ0) is 11.8. The SMILES string of the molecule is CN(C(=O)c1cn[nH]n1)C1CC2CCC(C1)N2. The van der Waals surface area contributed by atoms with E-state index >= 15 is 0 Å². The molecule has 2 bridgehead atoms. The Balaban J connectivity index is 1.70. The molecule has 2 saturated heterocycles. The average molecular weight is 235 g/mol. The maximum Gasteiger partial charge on any atom is 0.276 e. The molecule has 1 aromatic rings. The van der Waals surface area contributed by atoms with Crippen LogP contribution in [0, 0.1) is 0 Å². The van der Waals surface area contributed by atoms with Crippen LogP contribution in [0.3, 0.4) is 0 Å². The number of hydrogen-bond donors (Lipinski definition) is 2. The summed E-state index contributed by atoms with van der Waals surface area (Å²) in [7, 11) is 1.87. The van der Waals surface area contributed by atoms with Crippen molar-refractivity contribution >= 4 is 5.91 Å². The van der Waals surface area contributed by atoms with Crippen molar-refractivity contribution in [1.82, 2.24) is 25.6 Å². The van der Waals surface area contributed by atoms with Crippen molar-refractivity contribution < 1.29 is 4.79 Å². The normalized spacial score (nSPS) is 31.5. The average Bonchev–Trinajstić information content (AvgIpc) is 2.97. The molecule has 2 unspecified atom stereocenters. The van der Waals surface area contributed by atoms with Gasteiger partial charge in [-0.3, -0.25) is 4.79 Å². The van der Waals surface area contributed by atoms with Crippen LogP contribution in [0.2, 0.25) is 0 Å². The standard InChI is InChI=1S/C11H17N5O/c1-16(11(17)10-6-12-15-14-10)9-4-7-2-3-8(5-9)13-7/h6-9,13H,2-5H2,1H3,(H,12,14,15). The third-order valence-corrected chi connectivity index (χ3v) is 3.95. The number of piperidine rings is 1. The summed E-state index contributed by atoms with van der Waals surface area (Å²) < 4.78 is 0. The molecule has 92 valence electrons. The third-order valence-electron chi connectivity index (χ3n) is 3.95. The number of aromatic amines is 1. The summed E-state index contributed by atoms with van der Waals surface area (Å²) in [5.74, 6) is -0.0370. The molecule has 1 aromatic heterocycles. The third kappa shape index (κ3) is 1.93. The van der Waals surface area contributed by atoms with Gasteiger partial charge in [-0.15, -0.1) is 0 Å². The Morgan fingerprint density at radius 3 is 2.71 bits per heavy atom. The summed E-state index contributed by atoms with van der Waals surface area (Å²) in [5.41, 5.74) is 0.401. The van der Waals surface area contributed by atoms with Gasteiger partial charge in [0.15, 0.2) is 5.69 Å². The molecule has 0 aromatic carbocycles. The molecule has 2 aliphatic rings. The van der Waals surface area contributed by atoms with E-state index < -0.39 is 0 Å². The number of rotatable bonds is 2. The van der Waals surface area contributed by atoms with Gasteiger partial charge in [0.05, 0.1) is 6.20 Å². The van der Waals surface area contributed by atoms with E-state index in [0.717, 1.165) is 12.8 Å². The Hall–Kier alpha value is -1.43. The summed E-state index contributed by atoms with van der Waals surface area (Å²) >= 11 is 0. The number of aromatic nitrogens is 3. The molecular formula is C11H17N5O. The van der Waals surface area contributed by atoms with Crippen LogP contribution in [0.4, 0.5) is 0 Å². The minimum absolute atomic E-state index is 0.0370. The van der Waals surface area contributed by atoms with Crippen molar-refractivity contribution in [2.45, 2.75) is 43.8 Å². The molecule has 2 fully saturated rings. The van der Waals surface area contributed by atoms with Gasteiger partial charge < -0.3 is 10.2 Å². The summed E-state index contributed by atoms with van der Waals surface area (Å²) in [6.07, 6.45) is 6.07. The molecule has 1 amide bonds. The first-order chi connectivity index (χ1) is 8.24. The predicted molar refractivity (Wildman–Crippen MR) is 61.4 cm³/mol. The van der Waals surface area contributed by atoms with E-state index in [1.54, 1.807) is 0 Å². The molecule has 0 spiro atoms. The monoisotopic (exact) mass is 235 g/mol. The number of H-pyrrole nitrogens is 1. The van der Waals surface area contributed by atoms with Gasteiger partial charge in [0.25, 0.3) is 5.91 Å². The fourth-order valence-electron chi connectivity index (χ4n) is 2.99. The molecule has 17 heavy (non-hydrogen) atoms. The minimum atomic E-state index is -0.0370. The first-order valence-corrected chi connectivity index (χ1v) is 6.13. The smallest absolute Gasteiger partial charge is 0.276 e. The summed E-state index contributed by atoms with van der Waals surface area (Å²) in [4.78, 5) is 13.9. The Labute approximate surface area is 99.8 Å². The molecule has 6 heteroatoms. The highest BCUT2D eigenvalue weighted by molar-refractivity contribution is 5.91. The topological polar surface area (TPSA) is 73.9 Å². The number of fused-ring (bicyclic) bond motifs is 2. The maximum atomic E-state index is 12.1. The second-order valence-electron chi connectivity index (χ2n) is 5.03. The van der Waals surface area contributed by atoms with Crippen molar-refractivity contribution in [3.8, 4) is 0 Å². The van der Waals surface area contributed by atoms with E-state index in [-0.39, 0.29) is 5.91 Å². The van der Waals surface area contributed by atoms with E-state index in [9.17, 15) is 4.79 Å². The van der Waals surface area contributed by atoms with Crippen molar-refractivity contribution in [3.05, 3.63) is 11.9 Å². The number of carbonyl (C=O) groups is 1. The summed E-state index contributed by atoms with van der Waals surface area (Å²) in [6, 6.07) is 1.51. The molecule has 2 atom stereocenters. The van der Waals surface area contributed by atoms with Crippen molar-refractivity contribution in [1.29, 1.82) is 0 Å². The molecule has 2 N–H and O–H groups in total. The van der Waals surface area contributed by atoms with E-state index in [1.807, 2.05) is 11.9 Å². The van der Waals surface area contributed by atoms with E-state index in [2.05, 4.69) is 20.7 Å². The second-order valence-corrected chi connectivity index (χ2v) is 5.03. The molecule has 3 rings (SSSR count). The fraction of sp³-hybridized carbons (Fsp3) is 0.727. The predicted octanol–water partition coefficient (Wildman–Crippen LogP) is 0.160. The lowest BCUT2D eigenvalue weighted by Crippen LogP contribution is -2.48. The molecule has 6 nitrogen and oxygen atoms in total. The molecular weight excluding hydrogens is 218 g/mol. The minimum Gasteiger partial charge on any atom is -0.337 e. The van der Waals surface area contributed by atoms with E-state index in [4.69, 9.17) is 0 Å². The lowest BCUT2D eigenvalue weighted by atomic mass is 9.98. The lowest BCUT2D eigenvalue weighted by Gasteiger charge is -2.35. The summed E-state index contributed by atoms with van der Waals surface area (Å²) in [5, 5.41) is 13.6. The highest BCUT2D eigenvalue weighted by Gasteiger charge is 2.36. The van der Waals surface area contributed by atoms with Gasteiger partial charge >= 0.3 is 0 Å². The molecule has 0 radical (unpaired) electrons. The molecule has 0 aliphatic carbocycles. The molecule has 3 heterocycles. The molecule has 2 aliphatic heterocycles.